The van der Waals surface area contributed by atoms with Gasteiger partial charge in [-0.2, -0.15) is 0 Å². The molecule has 0 aliphatic carbocycles. The summed E-state index contributed by atoms with van der Waals surface area (Å²) in [5.74, 6) is 0. The van der Waals surface area contributed by atoms with Gasteiger partial charge in [-0.1, -0.05) is 48.0 Å². The molecule has 144 valence electrons. The van der Waals surface area contributed by atoms with Crippen molar-refractivity contribution in [3.05, 3.63) is 77.8 Å². The zero-order valence-electron chi connectivity index (χ0n) is 15.9. The Bertz CT molecular complexity index is 941. The molecule has 0 saturated heterocycles. The molecule has 0 saturated carbocycles. The number of anilines is 3. The average molecular weight is 393 g/mol. The van der Waals surface area contributed by atoms with E-state index in [4.69, 9.17) is 23.1 Å². The van der Waals surface area contributed by atoms with E-state index in [1.54, 1.807) is 0 Å². The van der Waals surface area contributed by atoms with Crippen LogP contribution in [0.25, 0.3) is 11.1 Å². The van der Waals surface area contributed by atoms with Crippen LogP contribution in [0.2, 0.25) is 5.02 Å². The summed E-state index contributed by atoms with van der Waals surface area (Å²) in [4.78, 5) is 4.42. The molecule has 1 aliphatic heterocycles. The molecule has 2 unspecified atom stereocenters. The fraction of sp³-hybridized carbons (Fsp3) is 0.217. The zero-order chi connectivity index (χ0) is 19.7. The number of halogens is 1. The van der Waals surface area contributed by atoms with Gasteiger partial charge in [-0.15, -0.1) is 0 Å². The second-order valence-corrected chi connectivity index (χ2v) is 7.64. The van der Waals surface area contributed by atoms with Gasteiger partial charge in [-0.05, 0) is 60.9 Å². The average Bonchev–Trinajstić information content (AvgIpc) is 2.85. The van der Waals surface area contributed by atoms with E-state index < -0.39 is 0 Å². The summed E-state index contributed by atoms with van der Waals surface area (Å²) in [6, 6.07) is 24.8. The third-order valence-corrected chi connectivity index (χ3v) is 5.49. The third kappa shape index (κ3) is 3.59. The molecule has 0 aromatic heterocycles. The first-order valence-corrected chi connectivity index (χ1v) is 9.94. The van der Waals surface area contributed by atoms with Crippen LogP contribution in [0.5, 0.6) is 0 Å². The smallest absolute Gasteiger partial charge is 0.0804 e. The Morgan fingerprint density at radius 2 is 1.64 bits per heavy atom. The largest absolute Gasteiger partial charge is 0.340 e. The van der Waals surface area contributed by atoms with Crippen LogP contribution in [0, 0.1) is 0 Å². The highest BCUT2D eigenvalue weighted by Gasteiger charge is 2.28. The molecular weight excluding hydrogens is 368 g/mol. The van der Waals surface area contributed by atoms with Gasteiger partial charge in [0.1, 0.15) is 0 Å². The number of rotatable bonds is 3. The minimum atomic E-state index is -0.179. The predicted octanol–water partition coefficient (Wildman–Crippen LogP) is 4.94. The lowest BCUT2D eigenvalue weighted by Gasteiger charge is -2.34. The molecule has 4 rings (SSSR count). The summed E-state index contributed by atoms with van der Waals surface area (Å²) in [5, 5.41) is 0.728. The molecule has 4 nitrogen and oxygen atoms in total. The third-order valence-electron chi connectivity index (χ3n) is 5.23. The molecule has 3 aromatic rings. The molecule has 28 heavy (non-hydrogen) atoms. The van der Waals surface area contributed by atoms with Crippen LogP contribution in [0.15, 0.2) is 72.8 Å². The quantitative estimate of drug-likeness (QED) is 0.662. The Morgan fingerprint density at radius 3 is 2.32 bits per heavy atom. The highest BCUT2D eigenvalue weighted by atomic mass is 35.5. The van der Waals surface area contributed by atoms with E-state index in [2.05, 4.69) is 52.3 Å². The van der Waals surface area contributed by atoms with Crippen LogP contribution in [0.1, 0.15) is 13.3 Å². The molecule has 1 aliphatic rings. The fourth-order valence-corrected chi connectivity index (χ4v) is 4.00. The maximum absolute atomic E-state index is 6.51. The summed E-state index contributed by atoms with van der Waals surface area (Å²) in [7, 11) is 0. The number of hydrogen-bond donors (Lipinski definition) is 2. The summed E-state index contributed by atoms with van der Waals surface area (Å²) in [6.45, 7) is 2.78. The molecule has 2 atom stereocenters. The maximum Gasteiger partial charge on any atom is 0.0804 e. The lowest BCUT2D eigenvalue weighted by Crippen LogP contribution is -2.51. The molecule has 5 heteroatoms. The molecule has 0 fully saturated rings. The molecule has 1 heterocycles. The van der Waals surface area contributed by atoms with Crippen LogP contribution < -0.4 is 21.3 Å². The lowest BCUT2D eigenvalue weighted by atomic mass is 10.0. The highest BCUT2D eigenvalue weighted by molar-refractivity contribution is 6.30. The second kappa shape index (κ2) is 7.84. The molecule has 0 spiro atoms. The summed E-state index contributed by atoms with van der Waals surface area (Å²) >= 11 is 6.11. The normalized spacial score (nSPS) is 17.8. The van der Waals surface area contributed by atoms with Crippen molar-refractivity contribution in [1.82, 2.24) is 0 Å². The van der Waals surface area contributed by atoms with Crippen molar-refractivity contribution in [1.29, 1.82) is 0 Å². The van der Waals surface area contributed by atoms with Crippen molar-refractivity contribution in [2.75, 3.05) is 16.3 Å². The highest BCUT2D eigenvalue weighted by Crippen LogP contribution is 2.41. The standard InChI is InChI=1S/C23H25ClN4/c1-16(25)28-21-12-7-18(17-5-3-2-4-6-17)15-22(21)27(14-13-23(28)26)20-10-8-19(24)9-11-20/h2-12,15-16,23H,13-14,25-26H2,1H3. The van der Waals surface area contributed by atoms with Gasteiger partial charge in [0.05, 0.1) is 23.7 Å². The molecule has 0 bridgehead atoms. The van der Waals surface area contributed by atoms with E-state index in [9.17, 15) is 0 Å². The summed E-state index contributed by atoms with van der Waals surface area (Å²) in [5.41, 5.74) is 18.4. The zero-order valence-corrected chi connectivity index (χ0v) is 16.7. The van der Waals surface area contributed by atoms with E-state index in [1.165, 1.54) is 11.1 Å². The Morgan fingerprint density at radius 1 is 0.929 bits per heavy atom. The van der Waals surface area contributed by atoms with Gasteiger partial charge in [-0.25, -0.2) is 0 Å². The van der Waals surface area contributed by atoms with Crippen molar-refractivity contribution in [2.24, 2.45) is 11.5 Å². The molecule has 0 radical (unpaired) electrons. The summed E-state index contributed by atoms with van der Waals surface area (Å²) < 4.78 is 0. The Hall–Kier alpha value is -2.53. The number of hydrogen-bond acceptors (Lipinski definition) is 4. The number of benzene rings is 3. The van der Waals surface area contributed by atoms with E-state index in [1.807, 2.05) is 37.3 Å². The minimum Gasteiger partial charge on any atom is -0.340 e. The fourth-order valence-electron chi connectivity index (χ4n) is 3.88. The van der Waals surface area contributed by atoms with Gasteiger partial charge in [0, 0.05) is 17.3 Å². The maximum atomic E-state index is 6.51. The van der Waals surface area contributed by atoms with Gasteiger partial charge < -0.3 is 21.3 Å². The summed E-state index contributed by atoms with van der Waals surface area (Å²) in [6.07, 6.45) is 0.486. The Labute approximate surface area is 171 Å². The number of nitrogens with two attached hydrogens (primary N) is 2. The van der Waals surface area contributed by atoms with E-state index in [0.29, 0.717) is 0 Å². The molecule has 0 amide bonds. The topological polar surface area (TPSA) is 58.5 Å². The van der Waals surface area contributed by atoms with Gasteiger partial charge >= 0.3 is 0 Å². The first kappa shape index (κ1) is 18.8. The van der Waals surface area contributed by atoms with Crippen LogP contribution >= 0.6 is 11.6 Å². The second-order valence-electron chi connectivity index (χ2n) is 7.20. The van der Waals surface area contributed by atoms with E-state index >= 15 is 0 Å². The number of nitrogens with zero attached hydrogens (tertiary/aromatic N) is 2. The Balaban J connectivity index is 1.88. The van der Waals surface area contributed by atoms with Gasteiger partial charge in [-0.3, -0.25) is 0 Å². The molecule has 4 N–H and O–H groups in total. The van der Waals surface area contributed by atoms with Crippen molar-refractivity contribution < 1.29 is 0 Å². The molecule has 3 aromatic carbocycles. The van der Waals surface area contributed by atoms with Crippen molar-refractivity contribution in [3.63, 3.8) is 0 Å². The Kier molecular flexibility index (Phi) is 5.27. The van der Waals surface area contributed by atoms with Crippen LogP contribution in [0.3, 0.4) is 0 Å². The molecular formula is C23H25ClN4. The van der Waals surface area contributed by atoms with E-state index in [0.717, 1.165) is 35.1 Å². The van der Waals surface area contributed by atoms with Crippen LogP contribution in [0.4, 0.5) is 17.1 Å². The first-order valence-electron chi connectivity index (χ1n) is 9.56. The van der Waals surface area contributed by atoms with Gasteiger partial charge in [0.2, 0.25) is 0 Å². The van der Waals surface area contributed by atoms with Crippen molar-refractivity contribution in [2.45, 2.75) is 25.7 Å². The SMILES string of the molecule is CC(N)N1c2ccc(-c3ccccc3)cc2N(c2ccc(Cl)cc2)CCC1N. The minimum absolute atomic E-state index is 0.140. The monoisotopic (exact) mass is 392 g/mol. The predicted molar refractivity (Wildman–Crippen MR) is 119 cm³/mol. The van der Waals surface area contributed by atoms with Crippen molar-refractivity contribution >= 4 is 28.7 Å². The van der Waals surface area contributed by atoms with Crippen LogP contribution in [-0.2, 0) is 0 Å². The van der Waals surface area contributed by atoms with Crippen molar-refractivity contribution in [3.8, 4) is 11.1 Å². The van der Waals surface area contributed by atoms with Crippen LogP contribution in [-0.4, -0.2) is 18.9 Å². The van der Waals surface area contributed by atoms with E-state index in [-0.39, 0.29) is 12.3 Å². The lowest BCUT2D eigenvalue weighted by molar-refractivity contribution is 0.528. The number of fused-ring (bicyclic) bond motifs is 1. The van der Waals surface area contributed by atoms with Gasteiger partial charge in [0.25, 0.3) is 0 Å². The van der Waals surface area contributed by atoms with Gasteiger partial charge in [0.15, 0.2) is 0 Å². The first-order chi connectivity index (χ1) is 13.5.